The number of amides is 1. The summed E-state index contributed by atoms with van der Waals surface area (Å²) in [5.74, 6) is 0.357. The van der Waals surface area contributed by atoms with E-state index in [1.54, 1.807) is 0 Å². The van der Waals surface area contributed by atoms with E-state index in [0.717, 1.165) is 17.7 Å². The number of anilines is 1. The Morgan fingerprint density at radius 1 is 1.12 bits per heavy atom. The summed E-state index contributed by atoms with van der Waals surface area (Å²) in [6.07, 6.45) is -4.41. The summed E-state index contributed by atoms with van der Waals surface area (Å²) in [4.78, 5) is 12.0. The molecule has 0 aliphatic rings. The van der Waals surface area contributed by atoms with Gasteiger partial charge < -0.3 is 15.4 Å². The SMILES string of the molecule is CC(C)Oc1ccccc1CNC(=O)CNc1cccc(C(F)(F)F)c1. The van der Waals surface area contributed by atoms with Crippen LogP contribution in [0.25, 0.3) is 0 Å². The molecule has 0 bridgehead atoms. The van der Waals surface area contributed by atoms with Crippen LogP contribution < -0.4 is 15.4 Å². The van der Waals surface area contributed by atoms with Crippen LogP contribution in [0.5, 0.6) is 5.75 Å². The summed E-state index contributed by atoms with van der Waals surface area (Å²) in [6.45, 7) is 3.96. The molecular weight excluding hydrogens is 345 g/mol. The summed E-state index contributed by atoms with van der Waals surface area (Å²) in [5, 5.41) is 5.42. The molecule has 4 nitrogen and oxygen atoms in total. The fourth-order valence-electron chi connectivity index (χ4n) is 2.26. The first-order valence-corrected chi connectivity index (χ1v) is 8.18. The monoisotopic (exact) mass is 366 g/mol. The first kappa shape index (κ1) is 19.6. The van der Waals surface area contributed by atoms with E-state index in [1.165, 1.54) is 12.1 Å². The number of ether oxygens (including phenoxy) is 1. The fourth-order valence-corrected chi connectivity index (χ4v) is 2.26. The van der Waals surface area contributed by atoms with Crippen molar-refractivity contribution in [3.05, 3.63) is 59.7 Å². The van der Waals surface area contributed by atoms with Crippen molar-refractivity contribution in [1.29, 1.82) is 0 Å². The number of rotatable bonds is 7. The van der Waals surface area contributed by atoms with E-state index in [2.05, 4.69) is 10.6 Å². The third-order valence-electron chi connectivity index (χ3n) is 3.45. The molecule has 0 fully saturated rings. The van der Waals surface area contributed by atoms with Crippen molar-refractivity contribution in [3.8, 4) is 5.75 Å². The molecule has 0 atom stereocenters. The highest BCUT2D eigenvalue weighted by atomic mass is 19.4. The van der Waals surface area contributed by atoms with Gasteiger partial charge in [-0.05, 0) is 38.1 Å². The minimum atomic E-state index is -4.42. The number of carbonyl (C=O) groups excluding carboxylic acids is 1. The zero-order valence-corrected chi connectivity index (χ0v) is 14.6. The van der Waals surface area contributed by atoms with Gasteiger partial charge in [0.15, 0.2) is 0 Å². The molecule has 0 aliphatic carbocycles. The average Bonchev–Trinajstić information content (AvgIpc) is 2.58. The summed E-state index contributed by atoms with van der Waals surface area (Å²) in [7, 11) is 0. The Balaban J connectivity index is 1.89. The molecule has 0 aliphatic heterocycles. The van der Waals surface area contributed by atoms with Crippen molar-refractivity contribution < 1.29 is 22.7 Å². The standard InChI is InChI=1S/C19H21F3N2O2/c1-13(2)26-17-9-4-3-6-14(17)11-24-18(25)12-23-16-8-5-7-15(10-16)19(20,21)22/h3-10,13,23H,11-12H2,1-2H3,(H,24,25). The van der Waals surface area contributed by atoms with Crippen molar-refractivity contribution >= 4 is 11.6 Å². The third kappa shape index (κ3) is 5.98. The molecule has 2 aromatic rings. The van der Waals surface area contributed by atoms with E-state index in [9.17, 15) is 18.0 Å². The first-order chi connectivity index (χ1) is 12.3. The second-order valence-corrected chi connectivity index (χ2v) is 5.98. The van der Waals surface area contributed by atoms with E-state index in [1.807, 2.05) is 38.1 Å². The molecule has 0 spiro atoms. The Kier molecular flexibility index (Phi) is 6.49. The fraction of sp³-hybridized carbons (Fsp3) is 0.316. The minimum absolute atomic E-state index is 0.00873. The molecule has 0 aromatic heterocycles. The Hall–Kier alpha value is -2.70. The molecule has 0 unspecified atom stereocenters. The van der Waals surface area contributed by atoms with Crippen LogP contribution in [0.4, 0.5) is 18.9 Å². The molecular formula is C19H21F3N2O2. The predicted molar refractivity (Wildman–Crippen MR) is 94.0 cm³/mol. The zero-order chi connectivity index (χ0) is 19.2. The largest absolute Gasteiger partial charge is 0.491 e. The van der Waals surface area contributed by atoms with E-state index < -0.39 is 11.7 Å². The molecule has 0 radical (unpaired) electrons. The number of hydrogen-bond donors (Lipinski definition) is 2. The normalized spacial score (nSPS) is 11.3. The zero-order valence-electron chi connectivity index (χ0n) is 14.6. The number of carbonyl (C=O) groups is 1. The highest BCUT2D eigenvalue weighted by molar-refractivity contribution is 5.80. The molecule has 2 rings (SSSR count). The van der Waals surface area contributed by atoms with Crippen LogP contribution in [0.1, 0.15) is 25.0 Å². The van der Waals surface area contributed by atoms with E-state index in [-0.39, 0.29) is 30.8 Å². The maximum atomic E-state index is 12.7. The van der Waals surface area contributed by atoms with Crippen LogP contribution in [0.3, 0.4) is 0 Å². The molecule has 26 heavy (non-hydrogen) atoms. The Bertz CT molecular complexity index is 746. The van der Waals surface area contributed by atoms with Gasteiger partial charge in [-0.1, -0.05) is 24.3 Å². The van der Waals surface area contributed by atoms with Gasteiger partial charge in [-0.15, -0.1) is 0 Å². The Morgan fingerprint density at radius 3 is 2.54 bits per heavy atom. The van der Waals surface area contributed by atoms with Crippen LogP contribution in [0.15, 0.2) is 48.5 Å². The number of hydrogen-bond acceptors (Lipinski definition) is 3. The van der Waals surface area contributed by atoms with Gasteiger partial charge in [0.2, 0.25) is 5.91 Å². The smallest absolute Gasteiger partial charge is 0.416 e. The van der Waals surface area contributed by atoms with Crippen molar-refractivity contribution in [2.45, 2.75) is 32.7 Å². The molecule has 7 heteroatoms. The average molecular weight is 366 g/mol. The number of nitrogens with one attached hydrogen (secondary N) is 2. The van der Waals surface area contributed by atoms with Crippen LogP contribution in [-0.4, -0.2) is 18.6 Å². The van der Waals surface area contributed by atoms with E-state index in [4.69, 9.17) is 4.74 Å². The second-order valence-electron chi connectivity index (χ2n) is 5.98. The first-order valence-electron chi connectivity index (χ1n) is 8.18. The summed E-state index contributed by atoms with van der Waals surface area (Å²) >= 11 is 0. The molecule has 0 saturated carbocycles. The molecule has 1 amide bonds. The van der Waals surface area contributed by atoms with Crippen LogP contribution in [0, 0.1) is 0 Å². The lowest BCUT2D eigenvalue weighted by molar-refractivity contribution is -0.137. The lowest BCUT2D eigenvalue weighted by Gasteiger charge is -2.15. The number of benzene rings is 2. The van der Waals surface area contributed by atoms with E-state index >= 15 is 0 Å². The number of halogens is 3. The molecule has 0 saturated heterocycles. The number of alkyl halides is 3. The molecule has 0 heterocycles. The van der Waals surface area contributed by atoms with Gasteiger partial charge in [-0.25, -0.2) is 0 Å². The quantitative estimate of drug-likeness (QED) is 0.771. The van der Waals surface area contributed by atoms with E-state index in [0.29, 0.717) is 5.75 Å². The highest BCUT2D eigenvalue weighted by Crippen LogP contribution is 2.30. The summed E-state index contributed by atoms with van der Waals surface area (Å²) in [6, 6.07) is 12.1. The number of para-hydroxylation sites is 1. The van der Waals surface area contributed by atoms with Crippen molar-refractivity contribution in [3.63, 3.8) is 0 Å². The lowest BCUT2D eigenvalue weighted by Crippen LogP contribution is -2.29. The predicted octanol–water partition coefficient (Wildman–Crippen LogP) is 4.22. The van der Waals surface area contributed by atoms with Gasteiger partial charge in [-0.3, -0.25) is 4.79 Å². The molecule has 140 valence electrons. The Labute approximate surface area is 150 Å². The topological polar surface area (TPSA) is 50.4 Å². The van der Waals surface area contributed by atoms with Gasteiger partial charge in [0.05, 0.1) is 18.2 Å². The summed E-state index contributed by atoms with van der Waals surface area (Å²) < 4.78 is 43.7. The van der Waals surface area contributed by atoms with Crippen molar-refractivity contribution in [2.24, 2.45) is 0 Å². The van der Waals surface area contributed by atoms with Gasteiger partial charge >= 0.3 is 6.18 Å². The van der Waals surface area contributed by atoms with Gasteiger partial charge in [-0.2, -0.15) is 13.2 Å². The lowest BCUT2D eigenvalue weighted by atomic mass is 10.2. The van der Waals surface area contributed by atoms with Crippen molar-refractivity contribution in [1.82, 2.24) is 5.32 Å². The molecule has 2 aromatic carbocycles. The van der Waals surface area contributed by atoms with Crippen molar-refractivity contribution in [2.75, 3.05) is 11.9 Å². The van der Waals surface area contributed by atoms with Crippen LogP contribution in [-0.2, 0) is 17.5 Å². The maximum Gasteiger partial charge on any atom is 0.416 e. The maximum absolute atomic E-state index is 12.7. The van der Waals surface area contributed by atoms with Gasteiger partial charge in [0.1, 0.15) is 5.75 Å². The van der Waals surface area contributed by atoms with Gasteiger partial charge in [0.25, 0.3) is 0 Å². The second kappa shape index (κ2) is 8.60. The third-order valence-corrected chi connectivity index (χ3v) is 3.45. The Morgan fingerprint density at radius 2 is 1.85 bits per heavy atom. The van der Waals surface area contributed by atoms with Crippen LogP contribution in [0.2, 0.25) is 0 Å². The summed E-state index contributed by atoms with van der Waals surface area (Å²) in [5.41, 5.74) is 0.301. The molecule has 2 N–H and O–H groups in total. The van der Waals surface area contributed by atoms with Crippen LogP contribution >= 0.6 is 0 Å². The minimum Gasteiger partial charge on any atom is -0.491 e. The highest BCUT2D eigenvalue weighted by Gasteiger charge is 2.30. The van der Waals surface area contributed by atoms with Gasteiger partial charge in [0, 0.05) is 17.8 Å².